The zero-order valence-electron chi connectivity index (χ0n) is 9.27. The maximum Gasteiger partial charge on any atom is 0.491 e. The van der Waals surface area contributed by atoms with Gasteiger partial charge in [-0.15, -0.1) is 0 Å². The molecule has 88 valence electrons. The molecule has 1 heterocycles. The molecule has 3 N–H and O–H groups in total. The Bertz CT molecular complexity index is 462. The van der Waals surface area contributed by atoms with E-state index in [2.05, 4.69) is 10.6 Å². The van der Waals surface area contributed by atoms with Gasteiger partial charge in [-0.3, -0.25) is 0 Å². The summed E-state index contributed by atoms with van der Waals surface area (Å²) in [4.78, 5) is 11.5. The SMILES string of the molecule is O=C(Nc1ccc2c(c1)B(O)OC2)NC1CC1. The minimum absolute atomic E-state index is 0.194. The Morgan fingerprint density at radius 2 is 2.29 bits per heavy atom. The van der Waals surface area contributed by atoms with Gasteiger partial charge in [0, 0.05) is 11.7 Å². The van der Waals surface area contributed by atoms with Crippen LogP contribution in [0, 0.1) is 0 Å². The Morgan fingerprint density at radius 1 is 1.47 bits per heavy atom. The van der Waals surface area contributed by atoms with Gasteiger partial charge < -0.3 is 20.3 Å². The Kier molecular flexibility index (Phi) is 2.53. The van der Waals surface area contributed by atoms with Crippen molar-refractivity contribution in [2.24, 2.45) is 0 Å². The fraction of sp³-hybridized carbons (Fsp3) is 0.364. The summed E-state index contributed by atoms with van der Waals surface area (Å²) in [5, 5.41) is 15.1. The summed E-state index contributed by atoms with van der Waals surface area (Å²) in [5.74, 6) is 0. The van der Waals surface area contributed by atoms with Crippen LogP contribution in [-0.4, -0.2) is 24.2 Å². The van der Waals surface area contributed by atoms with Gasteiger partial charge in [0.25, 0.3) is 0 Å². The summed E-state index contributed by atoms with van der Waals surface area (Å²) in [6.07, 6.45) is 2.12. The molecule has 0 atom stereocenters. The predicted octanol–water partition coefficient (Wildman–Crippen LogP) is 0.188. The number of carbonyl (C=O) groups excluding carboxylic acids is 1. The minimum Gasteiger partial charge on any atom is -0.423 e. The third-order valence-electron chi connectivity index (χ3n) is 2.98. The monoisotopic (exact) mass is 232 g/mol. The maximum absolute atomic E-state index is 11.5. The molecular weight excluding hydrogens is 219 g/mol. The number of hydrogen-bond donors (Lipinski definition) is 3. The first-order chi connectivity index (χ1) is 8.22. The second-order valence-corrected chi connectivity index (χ2v) is 4.45. The van der Waals surface area contributed by atoms with Crippen LogP contribution in [0.25, 0.3) is 0 Å². The molecule has 1 fully saturated rings. The summed E-state index contributed by atoms with van der Waals surface area (Å²) in [5.41, 5.74) is 2.37. The van der Waals surface area contributed by atoms with Crippen molar-refractivity contribution in [3.8, 4) is 0 Å². The van der Waals surface area contributed by atoms with E-state index in [0.29, 0.717) is 18.3 Å². The lowest BCUT2D eigenvalue weighted by atomic mass is 9.79. The van der Waals surface area contributed by atoms with Gasteiger partial charge in [-0.1, -0.05) is 6.07 Å². The lowest BCUT2D eigenvalue weighted by Crippen LogP contribution is -2.32. The number of nitrogens with one attached hydrogen (secondary N) is 2. The molecule has 1 saturated carbocycles. The van der Waals surface area contributed by atoms with Crippen molar-refractivity contribution in [3.05, 3.63) is 23.8 Å². The molecule has 3 rings (SSSR count). The Labute approximate surface area is 99.3 Å². The van der Waals surface area contributed by atoms with Crippen molar-refractivity contribution in [2.45, 2.75) is 25.5 Å². The van der Waals surface area contributed by atoms with Crippen molar-refractivity contribution in [3.63, 3.8) is 0 Å². The van der Waals surface area contributed by atoms with Crippen LogP contribution in [0.3, 0.4) is 0 Å². The topological polar surface area (TPSA) is 70.6 Å². The minimum atomic E-state index is -0.877. The number of rotatable bonds is 2. The molecule has 2 amide bonds. The third kappa shape index (κ3) is 2.27. The molecule has 0 radical (unpaired) electrons. The Balaban J connectivity index is 1.70. The summed E-state index contributed by atoms with van der Waals surface area (Å²) >= 11 is 0. The van der Waals surface area contributed by atoms with Crippen LogP contribution in [0.15, 0.2) is 18.2 Å². The largest absolute Gasteiger partial charge is 0.491 e. The number of hydrogen-bond acceptors (Lipinski definition) is 3. The Morgan fingerprint density at radius 3 is 3.06 bits per heavy atom. The van der Waals surface area contributed by atoms with Crippen LogP contribution in [0.2, 0.25) is 0 Å². The van der Waals surface area contributed by atoms with E-state index in [-0.39, 0.29) is 6.03 Å². The molecule has 1 aliphatic carbocycles. The number of anilines is 1. The molecule has 0 saturated heterocycles. The van der Waals surface area contributed by atoms with Crippen LogP contribution in [0.1, 0.15) is 18.4 Å². The molecule has 0 unspecified atom stereocenters. The zero-order chi connectivity index (χ0) is 11.8. The Hall–Kier alpha value is -1.53. The van der Waals surface area contributed by atoms with E-state index in [1.54, 1.807) is 6.07 Å². The van der Waals surface area contributed by atoms with Gasteiger partial charge in [0.05, 0.1) is 6.61 Å². The number of amides is 2. The fourth-order valence-electron chi connectivity index (χ4n) is 1.87. The molecule has 6 heteroatoms. The molecule has 0 spiro atoms. The van der Waals surface area contributed by atoms with Crippen LogP contribution in [-0.2, 0) is 11.3 Å². The molecular formula is C11H13BN2O3. The molecule has 1 aromatic rings. The second-order valence-electron chi connectivity index (χ2n) is 4.45. The number of fused-ring (bicyclic) bond motifs is 1. The highest BCUT2D eigenvalue weighted by Gasteiger charge is 2.28. The average molecular weight is 232 g/mol. The molecule has 0 aromatic heterocycles. The van der Waals surface area contributed by atoms with Crippen molar-refractivity contribution in [2.75, 3.05) is 5.32 Å². The maximum atomic E-state index is 11.5. The molecule has 0 bridgehead atoms. The molecule has 1 aliphatic heterocycles. The van der Waals surface area contributed by atoms with Crippen molar-refractivity contribution >= 4 is 24.3 Å². The molecule has 2 aliphatic rings. The van der Waals surface area contributed by atoms with Crippen molar-refractivity contribution in [1.82, 2.24) is 5.32 Å². The standard InChI is InChI=1S/C11H13BN2O3/c15-11(13-8-3-4-8)14-9-2-1-7-6-17-12(16)10(7)5-9/h1-2,5,8,16H,3-4,6H2,(H2,13,14,15). The summed E-state index contributed by atoms with van der Waals surface area (Å²) in [6.45, 7) is 0.422. The summed E-state index contributed by atoms with van der Waals surface area (Å²) in [7, 11) is -0.877. The van der Waals surface area contributed by atoms with Gasteiger partial charge >= 0.3 is 13.1 Å². The molecule has 17 heavy (non-hydrogen) atoms. The smallest absolute Gasteiger partial charge is 0.423 e. The highest BCUT2D eigenvalue weighted by molar-refractivity contribution is 6.61. The van der Waals surface area contributed by atoms with Crippen molar-refractivity contribution < 1.29 is 14.5 Å². The van der Waals surface area contributed by atoms with E-state index < -0.39 is 7.12 Å². The van der Waals surface area contributed by atoms with E-state index >= 15 is 0 Å². The number of urea groups is 1. The summed E-state index contributed by atoms with van der Waals surface area (Å²) in [6, 6.07) is 5.56. The van der Waals surface area contributed by atoms with E-state index in [9.17, 15) is 9.82 Å². The molecule has 1 aromatic carbocycles. The zero-order valence-corrected chi connectivity index (χ0v) is 9.27. The van der Waals surface area contributed by atoms with Crippen molar-refractivity contribution in [1.29, 1.82) is 0 Å². The average Bonchev–Trinajstić information content (AvgIpc) is 3.03. The van der Waals surface area contributed by atoms with Crippen LogP contribution < -0.4 is 16.1 Å². The van der Waals surface area contributed by atoms with E-state index in [0.717, 1.165) is 23.9 Å². The normalized spacial score (nSPS) is 17.8. The number of benzene rings is 1. The van der Waals surface area contributed by atoms with Gasteiger partial charge in [-0.25, -0.2) is 4.79 Å². The van der Waals surface area contributed by atoms with Gasteiger partial charge in [0.1, 0.15) is 0 Å². The first-order valence-electron chi connectivity index (χ1n) is 5.72. The second kappa shape index (κ2) is 4.05. The molecule has 5 nitrogen and oxygen atoms in total. The fourth-order valence-corrected chi connectivity index (χ4v) is 1.87. The van der Waals surface area contributed by atoms with E-state index in [1.807, 2.05) is 12.1 Å². The van der Waals surface area contributed by atoms with Gasteiger partial charge in [0.2, 0.25) is 0 Å². The van der Waals surface area contributed by atoms with Crippen LogP contribution in [0.5, 0.6) is 0 Å². The third-order valence-corrected chi connectivity index (χ3v) is 2.98. The quantitative estimate of drug-likeness (QED) is 0.637. The first kappa shape index (κ1) is 10.6. The highest BCUT2D eigenvalue weighted by Crippen LogP contribution is 2.19. The highest BCUT2D eigenvalue weighted by atomic mass is 16.5. The van der Waals surface area contributed by atoms with Crippen LogP contribution >= 0.6 is 0 Å². The van der Waals surface area contributed by atoms with Gasteiger partial charge in [-0.2, -0.15) is 0 Å². The van der Waals surface area contributed by atoms with Gasteiger partial charge in [-0.05, 0) is 36.0 Å². The first-order valence-corrected chi connectivity index (χ1v) is 5.72. The van der Waals surface area contributed by atoms with Crippen LogP contribution in [0.4, 0.5) is 10.5 Å². The number of carbonyl (C=O) groups is 1. The predicted molar refractivity (Wildman–Crippen MR) is 64.0 cm³/mol. The van der Waals surface area contributed by atoms with E-state index in [1.165, 1.54) is 0 Å². The lowest BCUT2D eigenvalue weighted by Gasteiger charge is -2.08. The van der Waals surface area contributed by atoms with Gasteiger partial charge in [0.15, 0.2) is 0 Å². The summed E-state index contributed by atoms with van der Waals surface area (Å²) < 4.78 is 5.09. The lowest BCUT2D eigenvalue weighted by molar-refractivity contribution is 0.251. The van der Waals surface area contributed by atoms with E-state index in [4.69, 9.17) is 4.65 Å².